The highest BCUT2D eigenvalue weighted by Gasteiger charge is 2.38. The predicted octanol–water partition coefficient (Wildman–Crippen LogP) is -0.991. The zero-order chi connectivity index (χ0) is 25.1. The van der Waals surface area contributed by atoms with Crippen LogP contribution < -0.4 is 22.1 Å². The van der Waals surface area contributed by atoms with Crippen molar-refractivity contribution in [3.8, 4) is 0 Å². The van der Waals surface area contributed by atoms with E-state index in [1.54, 1.807) is 0 Å². The summed E-state index contributed by atoms with van der Waals surface area (Å²) in [5.41, 5.74) is 11.5. The van der Waals surface area contributed by atoms with E-state index in [9.17, 15) is 29.1 Å². The number of aliphatic carboxylic acids is 2. The van der Waals surface area contributed by atoms with Crippen LogP contribution in [0.2, 0.25) is 0 Å². The van der Waals surface area contributed by atoms with Crippen molar-refractivity contribution in [2.75, 3.05) is 13.1 Å². The summed E-state index contributed by atoms with van der Waals surface area (Å²) in [5.74, 6) is -4.55. The molecule has 1 saturated heterocycles. The number of amides is 3. The predicted molar refractivity (Wildman–Crippen MR) is 119 cm³/mol. The quantitative estimate of drug-likeness (QED) is 0.172. The molecule has 4 atom stereocenters. The molecule has 8 N–H and O–H groups in total. The molecular weight excluding hydrogens is 434 g/mol. The lowest BCUT2D eigenvalue weighted by Crippen LogP contribution is -2.57. The van der Waals surface area contributed by atoms with Gasteiger partial charge in [0.1, 0.15) is 18.1 Å². The fourth-order valence-electron chi connectivity index (χ4n) is 3.77. The molecule has 1 aliphatic rings. The monoisotopic (exact) mass is 471 g/mol. The Morgan fingerprint density at radius 3 is 2.27 bits per heavy atom. The Kier molecular flexibility index (Phi) is 11.8. The highest BCUT2D eigenvalue weighted by atomic mass is 16.4. The molecule has 12 nitrogen and oxygen atoms in total. The van der Waals surface area contributed by atoms with E-state index in [4.69, 9.17) is 16.6 Å². The summed E-state index contributed by atoms with van der Waals surface area (Å²) in [7, 11) is 0. The van der Waals surface area contributed by atoms with E-state index in [-0.39, 0.29) is 18.2 Å². The number of rotatable bonds is 14. The van der Waals surface area contributed by atoms with Gasteiger partial charge < -0.3 is 37.2 Å². The molecule has 0 spiro atoms. The Hall–Kier alpha value is -2.73. The van der Waals surface area contributed by atoms with Crippen molar-refractivity contribution in [1.82, 2.24) is 15.5 Å². The summed E-state index contributed by atoms with van der Waals surface area (Å²) in [6.07, 6.45) is 2.34. The van der Waals surface area contributed by atoms with Crippen molar-refractivity contribution in [3.63, 3.8) is 0 Å². The summed E-state index contributed by atoms with van der Waals surface area (Å²) in [4.78, 5) is 62.1. The number of likely N-dealkylation sites (tertiary alicyclic amines) is 1. The third-order valence-electron chi connectivity index (χ3n) is 5.46. The third kappa shape index (κ3) is 9.34. The van der Waals surface area contributed by atoms with Crippen LogP contribution in [0.5, 0.6) is 0 Å². The molecule has 33 heavy (non-hydrogen) atoms. The Balaban J connectivity index is 2.87. The molecule has 0 radical (unpaired) electrons. The van der Waals surface area contributed by atoms with Crippen molar-refractivity contribution in [2.45, 2.75) is 83.0 Å². The number of carboxylic acid groups (broad SMARTS) is 2. The molecular formula is C21H37N5O7. The fraction of sp³-hybridized carbons (Fsp3) is 0.762. The number of hydrogen-bond acceptors (Lipinski definition) is 7. The molecule has 1 heterocycles. The number of unbranched alkanes of at least 4 members (excludes halogenated alkanes) is 1. The molecule has 0 aromatic heterocycles. The van der Waals surface area contributed by atoms with Crippen LogP contribution >= 0.6 is 0 Å². The van der Waals surface area contributed by atoms with Gasteiger partial charge in [-0.25, -0.2) is 4.79 Å². The molecule has 0 aromatic carbocycles. The average molecular weight is 472 g/mol. The minimum Gasteiger partial charge on any atom is -0.481 e. The first-order valence-corrected chi connectivity index (χ1v) is 11.3. The van der Waals surface area contributed by atoms with Crippen molar-refractivity contribution in [1.29, 1.82) is 0 Å². The first-order chi connectivity index (χ1) is 15.5. The van der Waals surface area contributed by atoms with Crippen LogP contribution in [0.3, 0.4) is 0 Å². The zero-order valence-electron chi connectivity index (χ0n) is 19.3. The Labute approximate surface area is 193 Å². The Morgan fingerprint density at radius 2 is 1.73 bits per heavy atom. The minimum absolute atomic E-state index is 0.0268. The Morgan fingerprint density at radius 1 is 1.06 bits per heavy atom. The summed E-state index contributed by atoms with van der Waals surface area (Å²) in [6.45, 7) is 4.53. The lowest BCUT2D eigenvalue weighted by Gasteiger charge is -2.29. The van der Waals surface area contributed by atoms with Crippen LogP contribution in [0.25, 0.3) is 0 Å². The van der Waals surface area contributed by atoms with Gasteiger partial charge in [-0.2, -0.15) is 0 Å². The van der Waals surface area contributed by atoms with E-state index < -0.39 is 54.3 Å². The number of carboxylic acids is 2. The molecule has 12 heteroatoms. The summed E-state index contributed by atoms with van der Waals surface area (Å²) < 4.78 is 0. The summed E-state index contributed by atoms with van der Waals surface area (Å²) >= 11 is 0. The highest BCUT2D eigenvalue weighted by molar-refractivity contribution is 5.94. The number of nitrogens with zero attached hydrogens (tertiary/aromatic N) is 1. The fourth-order valence-corrected chi connectivity index (χ4v) is 3.77. The van der Waals surface area contributed by atoms with Gasteiger partial charge in [0.05, 0.1) is 12.5 Å². The minimum atomic E-state index is -1.63. The molecule has 4 unspecified atom stereocenters. The van der Waals surface area contributed by atoms with Gasteiger partial charge in [0.2, 0.25) is 17.7 Å². The van der Waals surface area contributed by atoms with Gasteiger partial charge in [0.25, 0.3) is 0 Å². The Bertz CT molecular complexity index is 715. The van der Waals surface area contributed by atoms with Crippen molar-refractivity contribution >= 4 is 29.7 Å². The van der Waals surface area contributed by atoms with Crippen molar-refractivity contribution in [2.24, 2.45) is 17.4 Å². The summed E-state index contributed by atoms with van der Waals surface area (Å²) in [6, 6.07) is -4.23. The topological polar surface area (TPSA) is 205 Å². The van der Waals surface area contributed by atoms with E-state index in [0.29, 0.717) is 38.8 Å². The molecule has 188 valence electrons. The van der Waals surface area contributed by atoms with E-state index in [0.717, 1.165) is 6.42 Å². The average Bonchev–Trinajstić information content (AvgIpc) is 3.21. The maximum atomic E-state index is 13.0. The van der Waals surface area contributed by atoms with Gasteiger partial charge in [-0.1, -0.05) is 20.3 Å². The van der Waals surface area contributed by atoms with Gasteiger partial charge in [0.15, 0.2) is 0 Å². The molecule has 0 saturated carbocycles. The van der Waals surface area contributed by atoms with Crippen LogP contribution in [0.4, 0.5) is 0 Å². The molecule has 3 amide bonds. The molecule has 1 fully saturated rings. The smallest absolute Gasteiger partial charge is 0.326 e. The molecule has 1 aliphatic heterocycles. The second kappa shape index (κ2) is 13.7. The lowest BCUT2D eigenvalue weighted by atomic mass is 10.0. The van der Waals surface area contributed by atoms with Crippen LogP contribution in [0.15, 0.2) is 0 Å². The maximum absolute atomic E-state index is 13.0. The second-order valence-corrected chi connectivity index (χ2v) is 8.77. The number of nitrogens with two attached hydrogens (primary N) is 2. The normalized spacial score (nSPS) is 18.5. The SMILES string of the molecule is CC(C)CC(NC(=O)C1CCCN1C(=O)C(N)CCCCN)C(=O)NC(CC(=O)O)C(=O)O. The van der Waals surface area contributed by atoms with Crippen LogP contribution in [-0.2, 0) is 24.0 Å². The van der Waals surface area contributed by atoms with E-state index in [1.807, 2.05) is 13.8 Å². The molecule has 0 aliphatic carbocycles. The standard InChI is InChI=1S/C21H37N5O7/c1-12(2)10-14(18(29)25-15(21(32)33)11-17(27)28)24-19(30)16-7-5-9-26(16)20(31)13(23)6-3-4-8-22/h12-16H,3-11,22-23H2,1-2H3,(H,24,30)(H,25,29)(H,27,28)(H,32,33). The van der Waals surface area contributed by atoms with Crippen molar-refractivity contribution in [3.05, 3.63) is 0 Å². The largest absolute Gasteiger partial charge is 0.481 e. The van der Waals surface area contributed by atoms with Gasteiger partial charge in [-0.05, 0) is 44.6 Å². The van der Waals surface area contributed by atoms with Crippen LogP contribution in [-0.4, -0.2) is 82.0 Å². The zero-order valence-corrected chi connectivity index (χ0v) is 19.3. The second-order valence-electron chi connectivity index (χ2n) is 8.77. The molecule has 0 bridgehead atoms. The molecule has 0 aromatic rings. The lowest BCUT2D eigenvalue weighted by molar-refractivity contribution is -0.147. The van der Waals surface area contributed by atoms with Gasteiger partial charge >= 0.3 is 11.9 Å². The van der Waals surface area contributed by atoms with Crippen molar-refractivity contribution < 1.29 is 34.2 Å². The van der Waals surface area contributed by atoms with Gasteiger partial charge in [-0.3, -0.25) is 19.2 Å². The summed E-state index contributed by atoms with van der Waals surface area (Å²) in [5, 5.41) is 22.9. The third-order valence-corrected chi connectivity index (χ3v) is 5.46. The van der Waals surface area contributed by atoms with Crippen LogP contribution in [0, 0.1) is 5.92 Å². The van der Waals surface area contributed by atoms with Gasteiger partial charge in [0, 0.05) is 6.54 Å². The number of carbonyl (C=O) groups excluding carboxylic acids is 3. The van der Waals surface area contributed by atoms with Gasteiger partial charge in [-0.15, -0.1) is 0 Å². The first-order valence-electron chi connectivity index (χ1n) is 11.3. The maximum Gasteiger partial charge on any atom is 0.326 e. The highest BCUT2D eigenvalue weighted by Crippen LogP contribution is 2.20. The number of hydrogen-bond donors (Lipinski definition) is 6. The molecule has 1 rings (SSSR count). The number of carbonyl (C=O) groups is 5. The van der Waals surface area contributed by atoms with E-state index in [2.05, 4.69) is 10.6 Å². The number of nitrogens with one attached hydrogen (secondary N) is 2. The van der Waals surface area contributed by atoms with E-state index >= 15 is 0 Å². The van der Waals surface area contributed by atoms with Crippen LogP contribution in [0.1, 0.15) is 58.8 Å². The first kappa shape index (κ1) is 28.3. The van der Waals surface area contributed by atoms with E-state index in [1.165, 1.54) is 4.90 Å².